The third-order valence-corrected chi connectivity index (χ3v) is 2.17. The van der Waals surface area contributed by atoms with Gasteiger partial charge in [-0.2, -0.15) is 0 Å². The fourth-order valence-electron chi connectivity index (χ4n) is 1.37. The van der Waals surface area contributed by atoms with Crippen molar-refractivity contribution in [2.45, 2.75) is 12.5 Å². The molecule has 5 nitrogen and oxygen atoms in total. The molecule has 0 spiro atoms. The lowest BCUT2D eigenvalue weighted by molar-refractivity contribution is -0.140. The summed E-state index contributed by atoms with van der Waals surface area (Å²) in [5.74, 6) is -0.0986. The molecule has 1 unspecified atom stereocenters. The average molecular weight is 179 g/mol. The number of nitrogens with zero attached hydrogens (tertiary/aromatic N) is 3. The van der Waals surface area contributed by atoms with Gasteiger partial charge in [-0.3, -0.25) is 0 Å². The van der Waals surface area contributed by atoms with Crippen LogP contribution in [-0.4, -0.2) is 33.6 Å². The highest BCUT2D eigenvalue weighted by atomic mass is 16.4. The highest BCUT2D eigenvalue weighted by molar-refractivity contribution is 5.79. The standard InChI is InChI=1S/C8H9N3O2/c12-8(13)6-2-4-11(6)7-1-3-9-5-10-7/h1,3,5-6H,2,4H2,(H,12,13). The Morgan fingerprint density at radius 3 is 3.00 bits per heavy atom. The van der Waals surface area contributed by atoms with Crippen molar-refractivity contribution in [3.8, 4) is 0 Å². The fraction of sp³-hybridized carbons (Fsp3) is 0.375. The van der Waals surface area contributed by atoms with E-state index in [0.29, 0.717) is 12.2 Å². The number of carbonyl (C=O) groups is 1. The number of hydrogen-bond acceptors (Lipinski definition) is 4. The monoisotopic (exact) mass is 179 g/mol. The zero-order chi connectivity index (χ0) is 9.26. The van der Waals surface area contributed by atoms with E-state index >= 15 is 0 Å². The van der Waals surface area contributed by atoms with Gasteiger partial charge in [-0.1, -0.05) is 0 Å². The van der Waals surface area contributed by atoms with Crippen LogP contribution in [0.5, 0.6) is 0 Å². The molecule has 1 aliphatic heterocycles. The molecule has 0 bridgehead atoms. The Bertz CT molecular complexity index is 314. The molecule has 1 N–H and O–H groups in total. The first-order chi connectivity index (χ1) is 6.29. The predicted octanol–water partition coefficient (Wildman–Crippen LogP) is 0.140. The first-order valence-electron chi connectivity index (χ1n) is 4.04. The average Bonchev–Trinajstić information content (AvgIpc) is 2.02. The number of carboxylic acid groups (broad SMARTS) is 1. The van der Waals surface area contributed by atoms with Gasteiger partial charge >= 0.3 is 5.97 Å². The molecule has 0 aromatic carbocycles. The van der Waals surface area contributed by atoms with Crippen molar-refractivity contribution < 1.29 is 9.90 Å². The van der Waals surface area contributed by atoms with E-state index in [1.54, 1.807) is 17.2 Å². The van der Waals surface area contributed by atoms with E-state index in [-0.39, 0.29) is 0 Å². The summed E-state index contributed by atoms with van der Waals surface area (Å²) in [6.07, 6.45) is 3.73. The highest BCUT2D eigenvalue weighted by Gasteiger charge is 2.34. The van der Waals surface area contributed by atoms with Gasteiger partial charge in [-0.05, 0) is 12.5 Å². The summed E-state index contributed by atoms with van der Waals surface area (Å²) in [5.41, 5.74) is 0. The second kappa shape index (κ2) is 3.01. The smallest absolute Gasteiger partial charge is 0.326 e. The minimum absolute atomic E-state index is 0.408. The van der Waals surface area contributed by atoms with Gasteiger partial charge in [0.2, 0.25) is 0 Å². The van der Waals surface area contributed by atoms with Gasteiger partial charge in [0, 0.05) is 12.7 Å². The SMILES string of the molecule is O=C(O)C1CCN1c1ccncn1. The molecule has 68 valence electrons. The lowest BCUT2D eigenvalue weighted by atomic mass is 10.0. The maximum atomic E-state index is 10.7. The lowest BCUT2D eigenvalue weighted by Gasteiger charge is -2.38. The third-order valence-electron chi connectivity index (χ3n) is 2.17. The van der Waals surface area contributed by atoms with Crippen LogP contribution >= 0.6 is 0 Å². The first kappa shape index (κ1) is 7.97. The van der Waals surface area contributed by atoms with Crippen molar-refractivity contribution in [1.29, 1.82) is 0 Å². The Kier molecular flexibility index (Phi) is 1.84. The number of aromatic nitrogens is 2. The molecular weight excluding hydrogens is 170 g/mol. The van der Waals surface area contributed by atoms with Crippen LogP contribution in [0.1, 0.15) is 6.42 Å². The summed E-state index contributed by atoms with van der Waals surface area (Å²) in [7, 11) is 0. The van der Waals surface area contributed by atoms with Crippen LogP contribution in [0.4, 0.5) is 5.82 Å². The quantitative estimate of drug-likeness (QED) is 0.699. The van der Waals surface area contributed by atoms with E-state index in [9.17, 15) is 4.79 Å². The molecule has 5 heteroatoms. The molecule has 0 amide bonds. The van der Waals surface area contributed by atoms with Crippen LogP contribution < -0.4 is 4.90 Å². The molecule has 1 fully saturated rings. The zero-order valence-corrected chi connectivity index (χ0v) is 6.92. The maximum Gasteiger partial charge on any atom is 0.326 e. The Hall–Kier alpha value is -1.65. The van der Waals surface area contributed by atoms with Gasteiger partial charge in [0.05, 0.1) is 0 Å². The van der Waals surface area contributed by atoms with Gasteiger partial charge in [-0.25, -0.2) is 14.8 Å². The molecule has 0 saturated carbocycles. The highest BCUT2D eigenvalue weighted by Crippen LogP contribution is 2.23. The van der Waals surface area contributed by atoms with E-state index in [4.69, 9.17) is 5.11 Å². The van der Waals surface area contributed by atoms with E-state index in [0.717, 1.165) is 6.54 Å². The second-order valence-corrected chi connectivity index (χ2v) is 2.90. The van der Waals surface area contributed by atoms with Gasteiger partial charge in [-0.15, -0.1) is 0 Å². The largest absolute Gasteiger partial charge is 0.480 e. The topological polar surface area (TPSA) is 66.3 Å². The molecule has 1 aliphatic rings. The van der Waals surface area contributed by atoms with E-state index in [1.165, 1.54) is 6.33 Å². The normalized spacial score (nSPS) is 20.9. The van der Waals surface area contributed by atoms with Crippen molar-refractivity contribution in [1.82, 2.24) is 9.97 Å². The second-order valence-electron chi connectivity index (χ2n) is 2.90. The van der Waals surface area contributed by atoms with E-state index < -0.39 is 12.0 Å². The van der Waals surface area contributed by atoms with Gasteiger partial charge in [0.15, 0.2) is 0 Å². The molecule has 1 aromatic rings. The molecule has 13 heavy (non-hydrogen) atoms. The van der Waals surface area contributed by atoms with Crippen LogP contribution in [0, 0.1) is 0 Å². The molecule has 1 aromatic heterocycles. The summed E-state index contributed by atoms with van der Waals surface area (Å²) in [4.78, 5) is 20.2. The van der Waals surface area contributed by atoms with Crippen molar-refractivity contribution in [2.75, 3.05) is 11.4 Å². The lowest BCUT2D eigenvalue weighted by Crippen LogP contribution is -2.52. The predicted molar refractivity (Wildman–Crippen MR) is 45.4 cm³/mol. The Labute approximate surface area is 75.0 Å². The Balaban J connectivity index is 2.15. The Morgan fingerprint density at radius 2 is 2.54 bits per heavy atom. The molecule has 1 saturated heterocycles. The molecule has 0 aliphatic carbocycles. The number of anilines is 1. The molecule has 0 radical (unpaired) electrons. The summed E-state index contributed by atoms with van der Waals surface area (Å²) in [5, 5.41) is 8.78. The van der Waals surface area contributed by atoms with Crippen molar-refractivity contribution in [3.63, 3.8) is 0 Å². The summed E-state index contributed by atoms with van der Waals surface area (Å²) >= 11 is 0. The molecule has 1 atom stereocenters. The molecule has 2 rings (SSSR count). The number of carboxylic acids is 1. The molecule has 2 heterocycles. The molecular formula is C8H9N3O2. The van der Waals surface area contributed by atoms with Crippen LogP contribution in [-0.2, 0) is 4.79 Å². The van der Waals surface area contributed by atoms with Crippen LogP contribution in [0.15, 0.2) is 18.6 Å². The number of hydrogen-bond donors (Lipinski definition) is 1. The zero-order valence-electron chi connectivity index (χ0n) is 6.92. The van der Waals surface area contributed by atoms with Gasteiger partial charge in [0.25, 0.3) is 0 Å². The van der Waals surface area contributed by atoms with Crippen molar-refractivity contribution >= 4 is 11.8 Å². The minimum atomic E-state index is -0.787. The van der Waals surface area contributed by atoms with Crippen LogP contribution in [0.3, 0.4) is 0 Å². The summed E-state index contributed by atoms with van der Waals surface area (Å²) in [6.45, 7) is 0.758. The van der Waals surface area contributed by atoms with Gasteiger partial charge < -0.3 is 10.0 Å². The third kappa shape index (κ3) is 1.32. The number of aliphatic carboxylic acids is 1. The van der Waals surface area contributed by atoms with Crippen molar-refractivity contribution in [2.24, 2.45) is 0 Å². The van der Waals surface area contributed by atoms with Gasteiger partial charge in [0.1, 0.15) is 18.2 Å². The fourth-order valence-corrected chi connectivity index (χ4v) is 1.37. The van der Waals surface area contributed by atoms with Crippen molar-refractivity contribution in [3.05, 3.63) is 18.6 Å². The van der Waals surface area contributed by atoms with E-state index in [2.05, 4.69) is 9.97 Å². The van der Waals surface area contributed by atoms with Crippen LogP contribution in [0.25, 0.3) is 0 Å². The number of rotatable bonds is 2. The minimum Gasteiger partial charge on any atom is -0.480 e. The summed E-state index contributed by atoms with van der Waals surface area (Å²) in [6, 6.07) is 1.31. The Morgan fingerprint density at radius 1 is 1.69 bits per heavy atom. The van der Waals surface area contributed by atoms with Crippen LogP contribution in [0.2, 0.25) is 0 Å². The first-order valence-corrected chi connectivity index (χ1v) is 4.04. The van der Waals surface area contributed by atoms with E-state index in [1.807, 2.05) is 0 Å². The summed E-state index contributed by atoms with van der Waals surface area (Å²) < 4.78 is 0. The maximum absolute atomic E-state index is 10.7.